The first-order valence-corrected chi connectivity index (χ1v) is 9.09. The average molecular weight is 364 g/mol. The number of para-hydroxylation sites is 1. The number of H-pyrrole nitrogens is 1. The van der Waals surface area contributed by atoms with Crippen molar-refractivity contribution in [2.45, 2.75) is 26.3 Å². The molecule has 0 aliphatic carbocycles. The molecule has 3 rings (SSSR count). The highest BCUT2D eigenvalue weighted by atomic mass is 16.2. The minimum Gasteiger partial charge on any atom is -0.361 e. The zero-order chi connectivity index (χ0) is 19.1. The molecule has 0 atom stereocenters. The minimum absolute atomic E-state index is 0.0186. The van der Waals surface area contributed by atoms with E-state index in [0.717, 1.165) is 17.5 Å². The minimum atomic E-state index is -0.0720. The molecule has 0 unspecified atom stereocenters. The summed E-state index contributed by atoms with van der Waals surface area (Å²) in [4.78, 5) is 33.0. The van der Waals surface area contributed by atoms with Crippen LogP contribution in [0.1, 0.15) is 24.5 Å². The van der Waals surface area contributed by atoms with Gasteiger partial charge in [-0.2, -0.15) is 0 Å². The van der Waals surface area contributed by atoms with Crippen LogP contribution in [0.5, 0.6) is 0 Å². The van der Waals surface area contributed by atoms with Crippen molar-refractivity contribution in [2.24, 2.45) is 0 Å². The van der Waals surface area contributed by atoms with Crippen LogP contribution >= 0.6 is 0 Å². The van der Waals surface area contributed by atoms with Crippen LogP contribution in [0.2, 0.25) is 0 Å². The number of aromatic amines is 1. The standard InChI is InChI=1S/C21H24N4O2/c1-16(26)25(11-8-18-15-23-20-7-3-2-6-19(18)20)12-9-21(27)24-14-17-5-4-10-22-13-17/h2-7,10,13,15,23H,8-9,11-12,14H2,1H3,(H,24,27). The summed E-state index contributed by atoms with van der Waals surface area (Å²) in [7, 11) is 0. The fourth-order valence-electron chi connectivity index (χ4n) is 3.05. The van der Waals surface area contributed by atoms with E-state index in [9.17, 15) is 9.59 Å². The summed E-state index contributed by atoms with van der Waals surface area (Å²) in [5.74, 6) is -0.0907. The number of aromatic nitrogens is 2. The maximum atomic E-state index is 12.1. The zero-order valence-corrected chi connectivity index (χ0v) is 15.4. The maximum absolute atomic E-state index is 12.1. The molecule has 0 aliphatic rings. The molecule has 0 saturated carbocycles. The van der Waals surface area contributed by atoms with Crippen LogP contribution in [0, 0.1) is 0 Å². The van der Waals surface area contributed by atoms with Crippen LogP contribution in [0.25, 0.3) is 10.9 Å². The van der Waals surface area contributed by atoms with Crippen LogP contribution in [0.15, 0.2) is 55.0 Å². The third-order valence-electron chi connectivity index (χ3n) is 4.59. The lowest BCUT2D eigenvalue weighted by atomic mass is 10.1. The Morgan fingerprint density at radius 3 is 2.78 bits per heavy atom. The molecule has 0 bridgehead atoms. The van der Waals surface area contributed by atoms with Crippen LogP contribution in [-0.2, 0) is 22.6 Å². The molecule has 6 nitrogen and oxygen atoms in total. The summed E-state index contributed by atoms with van der Waals surface area (Å²) in [6, 6.07) is 11.9. The first-order chi connectivity index (χ1) is 13.1. The Morgan fingerprint density at radius 1 is 1.15 bits per heavy atom. The van der Waals surface area contributed by atoms with Crippen molar-refractivity contribution in [3.8, 4) is 0 Å². The molecular weight excluding hydrogens is 340 g/mol. The number of hydrogen-bond donors (Lipinski definition) is 2. The van der Waals surface area contributed by atoms with Crippen molar-refractivity contribution in [3.05, 3.63) is 66.1 Å². The zero-order valence-electron chi connectivity index (χ0n) is 15.4. The molecule has 2 N–H and O–H groups in total. The van der Waals surface area contributed by atoms with Crippen molar-refractivity contribution in [2.75, 3.05) is 13.1 Å². The Labute approximate surface area is 158 Å². The Morgan fingerprint density at radius 2 is 2.00 bits per heavy atom. The molecule has 27 heavy (non-hydrogen) atoms. The van der Waals surface area contributed by atoms with Crippen LogP contribution in [0.3, 0.4) is 0 Å². The molecule has 1 aromatic carbocycles. The molecule has 2 heterocycles. The van der Waals surface area contributed by atoms with Gasteiger partial charge in [0.15, 0.2) is 0 Å². The normalized spacial score (nSPS) is 10.7. The van der Waals surface area contributed by atoms with Gasteiger partial charge < -0.3 is 15.2 Å². The maximum Gasteiger partial charge on any atom is 0.222 e. The number of fused-ring (bicyclic) bond motifs is 1. The van der Waals surface area contributed by atoms with Crippen LogP contribution in [0.4, 0.5) is 0 Å². The van der Waals surface area contributed by atoms with Crippen LogP contribution in [-0.4, -0.2) is 39.8 Å². The topological polar surface area (TPSA) is 78.1 Å². The molecule has 6 heteroatoms. The quantitative estimate of drug-likeness (QED) is 0.645. The van der Waals surface area contributed by atoms with E-state index >= 15 is 0 Å². The second-order valence-electron chi connectivity index (χ2n) is 6.50. The van der Waals surface area contributed by atoms with E-state index in [2.05, 4.69) is 21.4 Å². The summed E-state index contributed by atoms with van der Waals surface area (Å²) in [6.45, 7) is 2.99. The highest BCUT2D eigenvalue weighted by molar-refractivity contribution is 5.83. The number of benzene rings is 1. The summed E-state index contributed by atoms with van der Waals surface area (Å²) < 4.78 is 0. The van der Waals surface area contributed by atoms with E-state index in [-0.39, 0.29) is 18.2 Å². The summed E-state index contributed by atoms with van der Waals surface area (Å²) in [5.41, 5.74) is 3.23. The van der Waals surface area contributed by atoms with Crippen LogP contribution < -0.4 is 5.32 Å². The number of hydrogen-bond acceptors (Lipinski definition) is 3. The molecule has 2 amide bonds. The SMILES string of the molecule is CC(=O)N(CCC(=O)NCc1cccnc1)CCc1c[nH]c2ccccc12. The van der Waals surface area contributed by atoms with E-state index in [1.54, 1.807) is 24.2 Å². The highest BCUT2D eigenvalue weighted by Gasteiger charge is 2.12. The van der Waals surface area contributed by atoms with E-state index in [1.165, 1.54) is 10.9 Å². The van der Waals surface area contributed by atoms with Gasteiger partial charge in [-0.15, -0.1) is 0 Å². The Hall–Kier alpha value is -3.15. The van der Waals surface area contributed by atoms with E-state index in [0.29, 0.717) is 19.6 Å². The third kappa shape index (κ3) is 5.17. The number of nitrogens with zero attached hydrogens (tertiary/aromatic N) is 2. The number of pyridine rings is 1. The molecular formula is C21H24N4O2. The lowest BCUT2D eigenvalue weighted by Crippen LogP contribution is -2.35. The molecule has 0 radical (unpaired) electrons. The van der Waals surface area contributed by atoms with Gasteiger partial charge in [-0.3, -0.25) is 14.6 Å². The number of amides is 2. The van der Waals surface area contributed by atoms with Gasteiger partial charge in [-0.05, 0) is 29.7 Å². The third-order valence-corrected chi connectivity index (χ3v) is 4.59. The fourth-order valence-corrected chi connectivity index (χ4v) is 3.05. The second kappa shape index (κ2) is 8.98. The predicted octanol–water partition coefficient (Wildman–Crippen LogP) is 2.66. The Bertz CT molecular complexity index is 905. The Balaban J connectivity index is 1.49. The number of carbonyl (C=O) groups excluding carboxylic acids is 2. The van der Waals surface area contributed by atoms with Gasteiger partial charge in [0.25, 0.3) is 0 Å². The van der Waals surface area contributed by atoms with Gasteiger partial charge in [0.2, 0.25) is 11.8 Å². The molecule has 0 aliphatic heterocycles. The first-order valence-electron chi connectivity index (χ1n) is 9.09. The predicted molar refractivity (Wildman–Crippen MR) is 105 cm³/mol. The molecule has 140 valence electrons. The number of carbonyl (C=O) groups is 2. The van der Waals surface area contributed by atoms with E-state index in [4.69, 9.17) is 0 Å². The number of rotatable bonds is 8. The summed E-state index contributed by atoms with van der Waals surface area (Å²) in [5, 5.41) is 4.04. The number of nitrogens with one attached hydrogen (secondary N) is 2. The van der Waals surface area contributed by atoms with Gasteiger partial charge in [0.1, 0.15) is 0 Å². The average Bonchev–Trinajstić information content (AvgIpc) is 3.10. The fraction of sp³-hybridized carbons (Fsp3) is 0.286. The van der Waals surface area contributed by atoms with Gasteiger partial charge in [-0.1, -0.05) is 24.3 Å². The van der Waals surface area contributed by atoms with Crippen molar-refractivity contribution in [1.82, 2.24) is 20.2 Å². The van der Waals surface area contributed by atoms with Gasteiger partial charge in [0, 0.05) is 62.5 Å². The molecule has 0 fully saturated rings. The molecule has 3 aromatic rings. The summed E-state index contributed by atoms with van der Waals surface area (Å²) in [6.07, 6.45) is 6.45. The van der Waals surface area contributed by atoms with E-state index in [1.807, 2.05) is 36.5 Å². The lowest BCUT2D eigenvalue weighted by Gasteiger charge is -2.20. The summed E-state index contributed by atoms with van der Waals surface area (Å²) >= 11 is 0. The Kier molecular flexibility index (Phi) is 6.20. The lowest BCUT2D eigenvalue weighted by molar-refractivity contribution is -0.129. The van der Waals surface area contributed by atoms with Crippen molar-refractivity contribution in [3.63, 3.8) is 0 Å². The highest BCUT2D eigenvalue weighted by Crippen LogP contribution is 2.18. The van der Waals surface area contributed by atoms with Gasteiger partial charge in [0.05, 0.1) is 0 Å². The monoisotopic (exact) mass is 364 g/mol. The largest absolute Gasteiger partial charge is 0.361 e. The molecule has 0 spiro atoms. The smallest absolute Gasteiger partial charge is 0.222 e. The van der Waals surface area contributed by atoms with Crippen molar-refractivity contribution < 1.29 is 9.59 Å². The molecule has 2 aromatic heterocycles. The first kappa shape index (κ1) is 18.6. The van der Waals surface area contributed by atoms with Crippen molar-refractivity contribution >= 4 is 22.7 Å². The van der Waals surface area contributed by atoms with Gasteiger partial charge in [-0.25, -0.2) is 0 Å². The second-order valence-corrected chi connectivity index (χ2v) is 6.50. The van der Waals surface area contributed by atoms with Gasteiger partial charge >= 0.3 is 0 Å². The van der Waals surface area contributed by atoms with E-state index < -0.39 is 0 Å². The van der Waals surface area contributed by atoms with Crippen molar-refractivity contribution in [1.29, 1.82) is 0 Å². The molecule has 0 saturated heterocycles.